The second kappa shape index (κ2) is 3.49. The average molecular weight is 290 g/mol. The zero-order valence-electron chi connectivity index (χ0n) is 6.20. The molecular weight excluding hydrogens is 283 g/mol. The number of rotatable bonds is 1. The Hall–Kier alpha value is -0.490. The van der Waals surface area contributed by atoms with E-state index < -0.39 is 0 Å². The van der Waals surface area contributed by atoms with Crippen LogP contribution in [-0.4, -0.2) is 9.00 Å². The van der Waals surface area contributed by atoms with Crippen molar-refractivity contribution in [1.82, 2.24) is 4.98 Å². The van der Waals surface area contributed by atoms with Gasteiger partial charge in [-0.1, -0.05) is 32.1 Å². The molecule has 0 aromatic carbocycles. The van der Waals surface area contributed by atoms with E-state index in [2.05, 4.69) is 25.2 Å². The van der Waals surface area contributed by atoms with Gasteiger partial charge >= 0.3 is 0 Å². The fourth-order valence-corrected chi connectivity index (χ4v) is 3.01. The lowest BCUT2D eigenvalue weighted by Crippen LogP contribution is -1.77. The number of thiazole rings is 1. The van der Waals surface area contributed by atoms with Crippen molar-refractivity contribution in [2.45, 2.75) is 0 Å². The summed E-state index contributed by atoms with van der Waals surface area (Å²) in [5.74, 6) is 0. The predicted molar refractivity (Wildman–Crippen MR) is 63.7 cm³/mol. The van der Waals surface area contributed by atoms with Gasteiger partial charge in [0, 0.05) is 6.20 Å². The normalized spacial score (nSPS) is 15.5. The Kier molecular flexibility index (Phi) is 2.36. The van der Waals surface area contributed by atoms with Crippen molar-refractivity contribution in [2.75, 3.05) is 5.73 Å². The van der Waals surface area contributed by atoms with Crippen LogP contribution in [0.2, 0.25) is 0 Å². The molecule has 4 heteroatoms. The summed E-state index contributed by atoms with van der Waals surface area (Å²) >= 11 is 1.71. The molecule has 0 saturated carbocycles. The lowest BCUT2D eigenvalue weighted by molar-refractivity contribution is 1.42. The van der Waals surface area contributed by atoms with Gasteiger partial charge in [-0.2, -0.15) is 0 Å². The Morgan fingerprint density at radius 2 is 2.42 bits per heavy atom. The van der Waals surface area contributed by atoms with Gasteiger partial charge in [-0.15, -0.1) is 0 Å². The number of hydrogen-bond donors (Lipinski definition) is 1. The summed E-state index contributed by atoms with van der Waals surface area (Å²) in [5, 5.41) is 0.638. The van der Waals surface area contributed by atoms with Gasteiger partial charge in [-0.3, -0.25) is 0 Å². The van der Waals surface area contributed by atoms with Gasteiger partial charge in [0.25, 0.3) is 0 Å². The third kappa shape index (κ3) is 1.64. The Morgan fingerprint density at radius 3 is 3.00 bits per heavy atom. The molecular formula is C8H7IN2S. The summed E-state index contributed by atoms with van der Waals surface area (Å²) in [7, 11) is 0. The van der Waals surface area contributed by atoms with Crippen LogP contribution in [0.5, 0.6) is 0 Å². The highest BCUT2D eigenvalue weighted by Gasteiger charge is 2.02. The van der Waals surface area contributed by atoms with E-state index in [1.54, 1.807) is 0 Å². The number of nitrogens with two attached hydrogens (primary N) is 1. The van der Waals surface area contributed by atoms with E-state index in [9.17, 15) is 0 Å². The average Bonchev–Trinajstić information content (AvgIpc) is 2.54. The molecule has 2 rings (SSSR count). The Bertz CT molecular complexity index is 376. The van der Waals surface area contributed by atoms with E-state index in [1.807, 2.05) is 6.20 Å². The maximum absolute atomic E-state index is 5.54. The molecule has 0 spiro atoms. The van der Waals surface area contributed by atoms with E-state index in [1.165, 1.54) is 16.9 Å². The molecule has 0 bridgehead atoms. The minimum atomic E-state index is 0.173. The molecule has 0 saturated heterocycles. The van der Waals surface area contributed by atoms with Crippen molar-refractivity contribution >= 4 is 46.8 Å². The molecule has 1 aromatic heterocycles. The number of nitrogen functional groups attached to an aromatic ring is 1. The first-order valence-electron chi connectivity index (χ1n) is 3.40. The molecule has 12 heavy (non-hydrogen) atoms. The topological polar surface area (TPSA) is 38.9 Å². The maximum Gasteiger partial charge on any atom is 0.180 e. The highest BCUT2D eigenvalue weighted by Crippen LogP contribution is 2.26. The van der Waals surface area contributed by atoms with E-state index in [0.29, 0.717) is 5.13 Å². The molecule has 0 amide bonds. The first kappa shape index (κ1) is 8.12. The maximum atomic E-state index is 5.54. The van der Waals surface area contributed by atoms with Crippen LogP contribution in [0.1, 0.15) is 4.88 Å². The number of aromatic nitrogens is 1. The molecule has 1 aliphatic heterocycles. The second-order valence-corrected chi connectivity index (χ2v) is 5.45. The third-order valence-corrected chi connectivity index (χ3v) is 3.86. The van der Waals surface area contributed by atoms with Gasteiger partial charge in [0.2, 0.25) is 0 Å². The first-order chi connectivity index (χ1) is 5.86. The quantitative estimate of drug-likeness (QED) is 0.807. The molecule has 0 aliphatic carbocycles. The number of hydrogen-bond acceptors (Lipinski definition) is 3. The van der Waals surface area contributed by atoms with Crippen molar-refractivity contribution in [3.8, 4) is 0 Å². The summed E-state index contributed by atoms with van der Waals surface area (Å²) in [4.78, 5) is 5.16. The summed E-state index contributed by atoms with van der Waals surface area (Å²) in [5.41, 5.74) is 6.77. The largest absolute Gasteiger partial charge is 0.375 e. The molecule has 0 unspecified atom stereocenters. The number of nitrogens with zero attached hydrogens (tertiary/aromatic N) is 1. The van der Waals surface area contributed by atoms with Crippen molar-refractivity contribution in [3.05, 3.63) is 27.3 Å². The second-order valence-electron chi connectivity index (χ2n) is 2.23. The van der Waals surface area contributed by atoms with E-state index in [0.717, 1.165) is 4.88 Å². The molecule has 1 aliphatic rings. The van der Waals surface area contributed by atoms with Gasteiger partial charge < -0.3 is 5.73 Å². The molecule has 0 radical (unpaired) electrons. The molecule has 62 valence electrons. The van der Waals surface area contributed by atoms with Crippen LogP contribution >= 0.6 is 32.1 Å². The van der Waals surface area contributed by atoms with Crippen LogP contribution in [0.4, 0.5) is 5.13 Å². The Morgan fingerprint density at radius 1 is 1.50 bits per heavy atom. The smallest absolute Gasteiger partial charge is 0.180 e. The van der Waals surface area contributed by atoms with Crippen LogP contribution in [-0.2, 0) is 0 Å². The van der Waals surface area contributed by atoms with Crippen molar-refractivity contribution in [3.63, 3.8) is 0 Å². The van der Waals surface area contributed by atoms with Crippen molar-refractivity contribution in [1.29, 1.82) is 0 Å². The lowest BCUT2D eigenvalue weighted by Gasteiger charge is -1.96. The van der Waals surface area contributed by atoms with E-state index >= 15 is 0 Å². The molecule has 0 atom stereocenters. The monoisotopic (exact) mass is 290 g/mol. The number of halogens is 1. The van der Waals surface area contributed by atoms with E-state index in [-0.39, 0.29) is 20.7 Å². The van der Waals surface area contributed by atoms with Crippen LogP contribution < -0.4 is 5.73 Å². The van der Waals surface area contributed by atoms with Gasteiger partial charge in [0.1, 0.15) is 0 Å². The molecule has 2 heterocycles. The first-order valence-corrected chi connectivity index (χ1v) is 6.71. The molecule has 1 aromatic rings. The van der Waals surface area contributed by atoms with Crippen LogP contribution in [0.3, 0.4) is 0 Å². The fraction of sp³-hybridized carbons (Fsp3) is 0. The molecule has 2 N–H and O–H groups in total. The summed E-state index contributed by atoms with van der Waals surface area (Å²) in [6, 6.07) is 0. The predicted octanol–water partition coefficient (Wildman–Crippen LogP) is 2.41. The minimum absolute atomic E-state index is 0.173. The zero-order valence-corrected chi connectivity index (χ0v) is 9.17. The van der Waals surface area contributed by atoms with Gasteiger partial charge in [-0.05, 0) is 25.8 Å². The Labute approximate surface area is 84.6 Å². The fourth-order valence-electron chi connectivity index (χ4n) is 0.891. The standard InChI is InChI=1S/C8H7IN2S/c10-8-11-5-7(12-8)6-1-3-9-4-2-6/h1-5H,(H2,10,11). The van der Waals surface area contributed by atoms with Gasteiger partial charge in [0.05, 0.1) is 4.88 Å². The highest BCUT2D eigenvalue weighted by atomic mass is 127. The minimum Gasteiger partial charge on any atom is -0.375 e. The molecule has 0 fully saturated rings. The summed E-state index contributed by atoms with van der Waals surface area (Å²) in [6.45, 7) is 0. The van der Waals surface area contributed by atoms with Crippen molar-refractivity contribution < 1.29 is 0 Å². The van der Waals surface area contributed by atoms with Crippen LogP contribution in [0, 0.1) is 0 Å². The number of anilines is 1. The summed E-state index contributed by atoms with van der Waals surface area (Å²) in [6.07, 6.45) is 6.13. The van der Waals surface area contributed by atoms with Crippen LogP contribution in [0.25, 0.3) is 5.57 Å². The molecule has 2 nitrogen and oxygen atoms in total. The van der Waals surface area contributed by atoms with Crippen molar-refractivity contribution in [2.24, 2.45) is 0 Å². The van der Waals surface area contributed by atoms with E-state index in [4.69, 9.17) is 5.73 Å². The zero-order chi connectivity index (χ0) is 8.39. The van der Waals surface area contributed by atoms with Gasteiger partial charge in [-0.25, -0.2) is 4.98 Å². The highest BCUT2D eigenvalue weighted by molar-refractivity contribution is 14.2. The summed E-state index contributed by atoms with van der Waals surface area (Å²) < 4.78 is 4.48. The SMILES string of the molecule is Nc1ncc(C2=CC=IC=C2)s1. The third-order valence-electron chi connectivity index (χ3n) is 1.44. The van der Waals surface area contributed by atoms with Gasteiger partial charge in [0.15, 0.2) is 5.13 Å². The Balaban J connectivity index is 2.37. The lowest BCUT2D eigenvalue weighted by atomic mass is 10.2. The van der Waals surface area contributed by atoms with Crippen LogP contribution in [0.15, 0.2) is 22.4 Å². The number of allylic oxidation sites excluding steroid dienone is 3.